The van der Waals surface area contributed by atoms with Gasteiger partial charge in [0.25, 0.3) is 5.91 Å². The minimum absolute atomic E-state index is 0.0330. The number of allylic oxidation sites excluding steroid dienone is 1. The number of benzene rings is 2. The van der Waals surface area contributed by atoms with Gasteiger partial charge in [-0.2, -0.15) is 0 Å². The van der Waals surface area contributed by atoms with E-state index in [4.69, 9.17) is 25.8 Å². The number of amides is 3. The molecule has 2 saturated carbocycles. The van der Waals surface area contributed by atoms with Crippen LogP contribution in [-0.2, 0) is 31.2 Å². The van der Waals surface area contributed by atoms with Crippen molar-refractivity contribution in [1.29, 1.82) is 0 Å². The molecule has 10 nitrogen and oxygen atoms in total. The molecule has 274 valence electrons. The number of halogens is 1. The van der Waals surface area contributed by atoms with Crippen molar-refractivity contribution < 1.29 is 28.0 Å². The van der Waals surface area contributed by atoms with Crippen LogP contribution in [0.2, 0.25) is 5.02 Å². The molecule has 1 saturated heterocycles. The number of aryl methyl sites for hydroxylation is 1. The first-order chi connectivity index (χ1) is 24.6. The van der Waals surface area contributed by atoms with E-state index in [-0.39, 0.29) is 34.6 Å². The van der Waals surface area contributed by atoms with E-state index in [9.17, 15) is 13.8 Å². The van der Waals surface area contributed by atoms with E-state index in [2.05, 4.69) is 43.6 Å². The lowest BCUT2D eigenvalue weighted by Gasteiger charge is -2.46. The molecule has 2 aromatic rings. The molecule has 0 aromatic heterocycles. The third kappa shape index (κ3) is 6.91. The number of rotatable bonds is 3. The van der Waals surface area contributed by atoms with Gasteiger partial charge in [-0.3, -0.25) is 9.52 Å². The summed E-state index contributed by atoms with van der Waals surface area (Å²) in [5.74, 6) is 0.747. The Bertz CT molecular complexity index is 1850. The summed E-state index contributed by atoms with van der Waals surface area (Å²) in [6, 6.07) is 11.0. The number of ether oxygens (including phenoxy) is 3. The summed E-state index contributed by atoms with van der Waals surface area (Å²) >= 11 is 6.46. The van der Waals surface area contributed by atoms with E-state index in [0.717, 1.165) is 68.7 Å². The van der Waals surface area contributed by atoms with Crippen molar-refractivity contribution in [3.05, 3.63) is 70.3 Å². The Balaban J connectivity index is 1.15. The van der Waals surface area contributed by atoms with E-state index < -0.39 is 21.9 Å². The number of nitrogens with one attached hydrogen (secondary N) is 2. The molecule has 51 heavy (non-hydrogen) atoms. The van der Waals surface area contributed by atoms with Crippen LogP contribution in [0.3, 0.4) is 0 Å². The molecule has 6 aliphatic rings. The van der Waals surface area contributed by atoms with Gasteiger partial charge in [0.05, 0.1) is 30.8 Å². The van der Waals surface area contributed by atoms with Crippen LogP contribution < -0.4 is 19.7 Å². The van der Waals surface area contributed by atoms with Crippen LogP contribution in [0.4, 0.5) is 10.5 Å². The predicted molar refractivity (Wildman–Crippen MR) is 198 cm³/mol. The monoisotopic (exact) mass is 736 g/mol. The highest BCUT2D eigenvalue weighted by molar-refractivity contribution is 7.92. The summed E-state index contributed by atoms with van der Waals surface area (Å²) in [6.45, 7) is 5.30. The quantitative estimate of drug-likeness (QED) is 0.348. The van der Waals surface area contributed by atoms with Gasteiger partial charge >= 0.3 is 6.03 Å². The van der Waals surface area contributed by atoms with Crippen molar-refractivity contribution >= 4 is 39.1 Å². The summed E-state index contributed by atoms with van der Waals surface area (Å²) in [5.41, 5.74) is 3.41. The predicted octanol–water partition coefficient (Wildman–Crippen LogP) is 6.45. The van der Waals surface area contributed by atoms with Gasteiger partial charge in [0, 0.05) is 54.3 Å². The molecule has 3 amide bonds. The van der Waals surface area contributed by atoms with Gasteiger partial charge in [0.2, 0.25) is 0 Å². The second-order valence-electron chi connectivity index (χ2n) is 16.0. The highest BCUT2D eigenvalue weighted by atomic mass is 35.5. The lowest BCUT2D eigenvalue weighted by atomic mass is 9.68. The Hall–Kier alpha value is -3.12. The highest BCUT2D eigenvalue weighted by Crippen LogP contribution is 2.52. The fourth-order valence-electron chi connectivity index (χ4n) is 9.31. The standard InChI is InChI=1S/C39H49ClN4O6S/c1-25-5-3-7-33(48-2)30-11-8-28(30)20-44-22-39(14-4-6-26-17-29(40)10-12-31(26)39)24-50-34-13-9-27(18-32(34)44)36(45)42-51(47,21-25)43-37(46)41-35-19-38(35)15-16-49-23-38/h3,7,9-10,12-13,17-18,25,28,30,33,35H,4-6,8,11,14-16,19-24H2,1-2H3,(H2,41,42,43,45,46,47)/b7-3+/t25-,28-,30+,33-,35+,38?,39-,51?/m0/s1. The molecular weight excluding hydrogens is 688 g/mol. The van der Waals surface area contributed by atoms with E-state index in [0.29, 0.717) is 49.4 Å². The van der Waals surface area contributed by atoms with Crippen LogP contribution in [0.1, 0.15) is 73.4 Å². The molecule has 3 fully saturated rings. The number of carbonyl (C=O) groups is 2. The van der Waals surface area contributed by atoms with Crippen LogP contribution >= 0.6 is 11.6 Å². The molecular formula is C39H49ClN4O6S. The van der Waals surface area contributed by atoms with Gasteiger partial charge in [0.15, 0.2) is 0 Å². The lowest BCUT2D eigenvalue weighted by molar-refractivity contribution is 0.0131. The van der Waals surface area contributed by atoms with Crippen molar-refractivity contribution in [2.75, 3.05) is 50.7 Å². The molecule has 3 heterocycles. The fourth-order valence-corrected chi connectivity index (χ4v) is 11.3. The van der Waals surface area contributed by atoms with Crippen molar-refractivity contribution in [2.45, 2.75) is 75.9 Å². The Morgan fingerprint density at radius 1 is 1.16 bits per heavy atom. The van der Waals surface area contributed by atoms with Gasteiger partial charge in [0.1, 0.15) is 15.7 Å². The normalized spacial score (nSPS) is 36.5. The van der Waals surface area contributed by atoms with Crippen LogP contribution in [0.15, 0.2) is 52.9 Å². The van der Waals surface area contributed by atoms with E-state index in [1.807, 2.05) is 25.1 Å². The summed E-state index contributed by atoms with van der Waals surface area (Å²) in [7, 11) is -1.71. The zero-order chi connectivity index (χ0) is 35.4. The lowest BCUT2D eigenvalue weighted by Crippen LogP contribution is -2.49. The Morgan fingerprint density at radius 3 is 2.82 bits per heavy atom. The number of hydrogen-bond acceptors (Lipinski definition) is 7. The summed E-state index contributed by atoms with van der Waals surface area (Å²) < 4.78 is 39.7. The van der Waals surface area contributed by atoms with Crippen molar-refractivity contribution in [3.63, 3.8) is 0 Å². The summed E-state index contributed by atoms with van der Waals surface area (Å²) in [6.07, 6.45) is 11.7. The van der Waals surface area contributed by atoms with Crippen molar-refractivity contribution in [3.8, 4) is 5.75 Å². The molecule has 3 aliphatic carbocycles. The van der Waals surface area contributed by atoms with Crippen LogP contribution in [-0.4, -0.2) is 74.1 Å². The van der Waals surface area contributed by atoms with Crippen LogP contribution in [0.25, 0.3) is 0 Å². The first kappa shape index (κ1) is 34.9. The average Bonchev–Trinajstić information content (AvgIpc) is 3.56. The minimum Gasteiger partial charge on any atom is -0.490 e. The molecule has 2 spiro atoms. The van der Waals surface area contributed by atoms with Gasteiger partial charge < -0.3 is 24.4 Å². The Kier molecular flexibility index (Phi) is 9.38. The molecule has 8 rings (SSSR count). The van der Waals surface area contributed by atoms with Crippen molar-refractivity contribution in [2.24, 2.45) is 27.5 Å². The van der Waals surface area contributed by atoms with Gasteiger partial charge in [-0.1, -0.05) is 36.7 Å². The van der Waals surface area contributed by atoms with Gasteiger partial charge in [-0.05, 0) is 111 Å². The zero-order valence-corrected chi connectivity index (χ0v) is 31.1. The third-order valence-corrected chi connectivity index (χ3v) is 14.6. The third-order valence-electron chi connectivity index (χ3n) is 12.4. The van der Waals surface area contributed by atoms with E-state index >= 15 is 0 Å². The number of fused-ring (bicyclic) bond motifs is 4. The Morgan fingerprint density at radius 2 is 2.04 bits per heavy atom. The second kappa shape index (κ2) is 13.7. The highest BCUT2D eigenvalue weighted by Gasteiger charge is 2.57. The van der Waals surface area contributed by atoms with E-state index in [1.54, 1.807) is 13.2 Å². The number of carbonyl (C=O) groups excluding carboxylic acids is 2. The number of hydrogen-bond donors (Lipinski definition) is 2. The molecule has 2 aromatic carbocycles. The largest absolute Gasteiger partial charge is 0.490 e. The topological polar surface area (TPSA) is 119 Å². The van der Waals surface area contributed by atoms with Crippen LogP contribution in [0, 0.1) is 23.2 Å². The van der Waals surface area contributed by atoms with Gasteiger partial charge in [-0.15, -0.1) is 4.36 Å². The number of urea groups is 1. The molecule has 2 unspecified atom stereocenters. The fraction of sp³-hybridized carbons (Fsp3) is 0.590. The molecule has 0 radical (unpaired) electrons. The second-order valence-corrected chi connectivity index (χ2v) is 18.4. The first-order valence-corrected chi connectivity index (χ1v) is 20.6. The molecule has 2 bridgehead atoms. The molecule has 3 aliphatic heterocycles. The zero-order valence-electron chi connectivity index (χ0n) is 29.5. The maximum atomic E-state index is 14.5. The van der Waals surface area contributed by atoms with Crippen LogP contribution in [0.5, 0.6) is 5.75 Å². The maximum Gasteiger partial charge on any atom is 0.327 e. The maximum absolute atomic E-state index is 14.5. The van der Waals surface area contributed by atoms with Gasteiger partial charge in [-0.25, -0.2) is 9.00 Å². The molecule has 2 N–H and O–H groups in total. The minimum atomic E-state index is -3.48. The number of nitrogens with zero attached hydrogens (tertiary/aromatic N) is 2. The SMILES string of the molecule is CO[C@H]1/C=C/C[C@H](C)CS(=O)(NC(=O)N[C@@H]2CC23CCOC3)=NC(=O)c2ccc3c(c2)N(C[C@@H]2CC[C@H]21)C[C@@]1(CCCc2cc(Cl)ccc21)CO3. The summed E-state index contributed by atoms with van der Waals surface area (Å²) in [5, 5.41) is 3.72. The number of methoxy groups -OCH3 is 1. The van der Waals surface area contributed by atoms with E-state index in [1.165, 1.54) is 11.1 Å². The average molecular weight is 737 g/mol. The first-order valence-electron chi connectivity index (χ1n) is 18.5. The smallest absolute Gasteiger partial charge is 0.327 e. The number of anilines is 1. The van der Waals surface area contributed by atoms with Crippen molar-refractivity contribution in [1.82, 2.24) is 10.0 Å². The molecule has 8 atom stereocenters. The Labute approximate surface area is 306 Å². The molecule has 12 heteroatoms. The summed E-state index contributed by atoms with van der Waals surface area (Å²) in [4.78, 5) is 29.7.